The third-order valence-electron chi connectivity index (χ3n) is 3.49. The van der Waals surface area contributed by atoms with Crippen LogP contribution in [0.3, 0.4) is 0 Å². The van der Waals surface area contributed by atoms with E-state index in [9.17, 15) is 0 Å². The van der Waals surface area contributed by atoms with Crippen molar-refractivity contribution in [2.75, 3.05) is 47.8 Å². The van der Waals surface area contributed by atoms with Gasteiger partial charge in [0.1, 0.15) is 0 Å². The van der Waals surface area contributed by atoms with Crippen molar-refractivity contribution < 1.29 is 0 Å². The van der Waals surface area contributed by atoms with Crippen LogP contribution < -0.4 is 0 Å². The molecule has 1 saturated heterocycles. The van der Waals surface area contributed by atoms with Gasteiger partial charge in [0.2, 0.25) is 0 Å². The van der Waals surface area contributed by atoms with Gasteiger partial charge in [0.25, 0.3) is 0 Å². The predicted octanol–water partition coefficient (Wildman–Crippen LogP) is 1.48. The number of hydrogen-bond acceptors (Lipinski definition) is 3. The molecule has 1 aliphatic heterocycles. The molecule has 3 heteroatoms. The monoisotopic (exact) mass is 225 g/mol. The first-order valence-corrected chi connectivity index (χ1v) is 6.27. The average molecular weight is 225 g/mol. The second-order valence-corrected chi connectivity index (χ2v) is 5.21. The summed E-state index contributed by atoms with van der Waals surface area (Å²) >= 11 is 0. The molecule has 0 saturated carbocycles. The molecule has 1 rings (SSSR count). The van der Waals surface area contributed by atoms with Crippen LogP contribution in [0.2, 0.25) is 0 Å². The van der Waals surface area contributed by atoms with Crippen molar-refractivity contribution in [3.8, 4) is 0 Å². The van der Waals surface area contributed by atoms with Crippen LogP contribution >= 0.6 is 0 Å². The van der Waals surface area contributed by atoms with E-state index in [0.717, 1.165) is 13.1 Å². The van der Waals surface area contributed by atoms with Gasteiger partial charge in [-0.2, -0.15) is 0 Å². The first-order chi connectivity index (χ1) is 7.52. The van der Waals surface area contributed by atoms with Gasteiger partial charge < -0.3 is 9.80 Å². The van der Waals surface area contributed by atoms with Gasteiger partial charge in [0.05, 0.1) is 0 Å². The Labute approximate surface area is 101 Å². The number of likely N-dealkylation sites (N-methyl/N-ethyl adjacent to an activating group) is 2. The van der Waals surface area contributed by atoms with Gasteiger partial charge in [-0.15, -0.1) is 0 Å². The van der Waals surface area contributed by atoms with Crippen molar-refractivity contribution in [3.05, 3.63) is 12.3 Å². The maximum atomic E-state index is 4.26. The molecule has 1 fully saturated rings. The molecule has 0 aromatic heterocycles. The number of hydrogen-bond donors (Lipinski definition) is 0. The summed E-state index contributed by atoms with van der Waals surface area (Å²) in [5.41, 5.74) is 1.29. The lowest BCUT2D eigenvalue weighted by atomic mass is 10.1. The zero-order valence-corrected chi connectivity index (χ0v) is 11.4. The topological polar surface area (TPSA) is 9.72 Å². The third kappa shape index (κ3) is 3.80. The maximum Gasteiger partial charge on any atom is 0.0488 e. The average Bonchev–Trinajstić information content (AvgIpc) is 2.62. The van der Waals surface area contributed by atoms with E-state index in [1.807, 2.05) is 0 Å². The van der Waals surface area contributed by atoms with E-state index in [0.29, 0.717) is 6.04 Å². The SMILES string of the molecule is C=C(C1CCCN1C)N(C)CCCN(C)C. The summed E-state index contributed by atoms with van der Waals surface area (Å²) in [5, 5.41) is 0. The Hall–Kier alpha value is -0.540. The van der Waals surface area contributed by atoms with Crippen LogP contribution in [0.5, 0.6) is 0 Å². The normalized spacial score (nSPS) is 21.7. The maximum absolute atomic E-state index is 4.26. The molecular formula is C13H27N3. The highest BCUT2D eigenvalue weighted by atomic mass is 15.2. The van der Waals surface area contributed by atoms with Gasteiger partial charge in [-0.05, 0) is 53.5 Å². The van der Waals surface area contributed by atoms with Gasteiger partial charge in [-0.25, -0.2) is 0 Å². The van der Waals surface area contributed by atoms with Crippen molar-refractivity contribution in [3.63, 3.8) is 0 Å². The van der Waals surface area contributed by atoms with Crippen LogP contribution in [0, 0.1) is 0 Å². The predicted molar refractivity (Wildman–Crippen MR) is 70.6 cm³/mol. The first kappa shape index (κ1) is 13.5. The molecule has 16 heavy (non-hydrogen) atoms. The fraction of sp³-hybridized carbons (Fsp3) is 0.846. The first-order valence-electron chi connectivity index (χ1n) is 6.27. The molecule has 1 atom stereocenters. The quantitative estimate of drug-likeness (QED) is 0.678. The minimum absolute atomic E-state index is 0.573. The largest absolute Gasteiger partial charge is 0.377 e. The Balaban J connectivity index is 2.30. The number of likely N-dealkylation sites (tertiary alicyclic amines) is 1. The molecule has 0 aliphatic carbocycles. The van der Waals surface area contributed by atoms with Gasteiger partial charge in [0, 0.05) is 25.3 Å². The van der Waals surface area contributed by atoms with Crippen molar-refractivity contribution in [2.45, 2.75) is 25.3 Å². The molecule has 3 nitrogen and oxygen atoms in total. The van der Waals surface area contributed by atoms with E-state index >= 15 is 0 Å². The molecule has 1 heterocycles. The summed E-state index contributed by atoms with van der Waals surface area (Å²) < 4.78 is 0. The Morgan fingerprint density at radius 3 is 2.50 bits per heavy atom. The second-order valence-electron chi connectivity index (χ2n) is 5.21. The summed E-state index contributed by atoms with van der Waals surface area (Å²) in [6.45, 7) is 7.74. The highest BCUT2D eigenvalue weighted by Crippen LogP contribution is 2.22. The van der Waals surface area contributed by atoms with Crippen LogP contribution in [-0.4, -0.2) is 68.6 Å². The van der Waals surface area contributed by atoms with E-state index in [1.165, 1.54) is 31.5 Å². The molecule has 0 spiro atoms. The third-order valence-corrected chi connectivity index (χ3v) is 3.49. The summed E-state index contributed by atoms with van der Waals surface area (Å²) in [4.78, 5) is 6.99. The van der Waals surface area contributed by atoms with Crippen molar-refractivity contribution in [1.82, 2.24) is 14.7 Å². The Kier molecular flexibility index (Phi) is 5.29. The van der Waals surface area contributed by atoms with Crippen LogP contribution in [-0.2, 0) is 0 Å². The molecule has 0 aromatic rings. The van der Waals surface area contributed by atoms with Crippen molar-refractivity contribution >= 4 is 0 Å². The van der Waals surface area contributed by atoms with E-state index in [-0.39, 0.29) is 0 Å². The lowest BCUT2D eigenvalue weighted by Crippen LogP contribution is -2.35. The Bertz CT molecular complexity index is 225. The second kappa shape index (κ2) is 6.26. The minimum atomic E-state index is 0.573. The zero-order valence-electron chi connectivity index (χ0n) is 11.4. The highest BCUT2D eigenvalue weighted by Gasteiger charge is 2.24. The standard InChI is InChI=1S/C13H27N3/c1-12(13-8-6-10-16(13)5)15(4)11-7-9-14(2)3/h13H,1,6-11H2,2-5H3. The lowest BCUT2D eigenvalue weighted by Gasteiger charge is -2.30. The molecule has 1 aliphatic rings. The molecule has 0 bridgehead atoms. The van der Waals surface area contributed by atoms with E-state index in [4.69, 9.17) is 0 Å². The molecule has 94 valence electrons. The van der Waals surface area contributed by atoms with Gasteiger partial charge in [-0.3, -0.25) is 4.90 Å². The molecule has 0 amide bonds. The van der Waals surface area contributed by atoms with E-state index < -0.39 is 0 Å². The van der Waals surface area contributed by atoms with Crippen LogP contribution in [0.1, 0.15) is 19.3 Å². The molecule has 1 unspecified atom stereocenters. The Morgan fingerprint density at radius 1 is 1.31 bits per heavy atom. The van der Waals surface area contributed by atoms with Gasteiger partial charge in [0.15, 0.2) is 0 Å². The minimum Gasteiger partial charge on any atom is -0.377 e. The molecule has 0 radical (unpaired) electrons. The zero-order chi connectivity index (χ0) is 12.1. The summed E-state index contributed by atoms with van der Waals surface area (Å²) in [6, 6.07) is 0.573. The number of nitrogens with zero attached hydrogens (tertiary/aromatic N) is 3. The smallest absolute Gasteiger partial charge is 0.0488 e. The van der Waals surface area contributed by atoms with Crippen LogP contribution in [0.25, 0.3) is 0 Å². The summed E-state index contributed by atoms with van der Waals surface area (Å²) in [5.74, 6) is 0. The van der Waals surface area contributed by atoms with E-state index in [1.54, 1.807) is 0 Å². The fourth-order valence-corrected chi connectivity index (χ4v) is 2.35. The fourth-order valence-electron chi connectivity index (χ4n) is 2.35. The van der Waals surface area contributed by atoms with Crippen LogP contribution in [0.15, 0.2) is 12.3 Å². The van der Waals surface area contributed by atoms with Crippen molar-refractivity contribution in [2.24, 2.45) is 0 Å². The Morgan fingerprint density at radius 2 is 2.00 bits per heavy atom. The molecule has 0 aromatic carbocycles. The highest BCUT2D eigenvalue weighted by molar-refractivity contribution is 5.06. The molecule has 0 N–H and O–H groups in total. The van der Waals surface area contributed by atoms with Crippen LogP contribution in [0.4, 0.5) is 0 Å². The summed E-state index contributed by atoms with van der Waals surface area (Å²) in [6.07, 6.45) is 3.79. The van der Waals surface area contributed by atoms with E-state index in [2.05, 4.69) is 49.5 Å². The van der Waals surface area contributed by atoms with Gasteiger partial charge >= 0.3 is 0 Å². The lowest BCUT2D eigenvalue weighted by molar-refractivity contribution is 0.270. The number of rotatable bonds is 6. The molecular weight excluding hydrogens is 198 g/mol. The summed E-state index contributed by atoms with van der Waals surface area (Å²) in [7, 11) is 8.62. The van der Waals surface area contributed by atoms with Gasteiger partial charge in [-0.1, -0.05) is 6.58 Å². The van der Waals surface area contributed by atoms with Crippen molar-refractivity contribution in [1.29, 1.82) is 0 Å².